The molecule has 0 aliphatic carbocycles. The number of aliphatic hydroxyl groups is 2. The van der Waals surface area contributed by atoms with Crippen LogP contribution < -0.4 is 16.0 Å². The molecule has 1 aliphatic heterocycles. The molecule has 6 unspecified atom stereocenters. The van der Waals surface area contributed by atoms with Gasteiger partial charge in [0.2, 0.25) is 0 Å². The van der Waals surface area contributed by atoms with Crippen LogP contribution in [-0.4, -0.2) is 185 Å². The van der Waals surface area contributed by atoms with Crippen molar-refractivity contribution in [3.05, 3.63) is 0 Å². The van der Waals surface area contributed by atoms with Gasteiger partial charge in [-0.2, -0.15) is 0 Å². The SMILES string of the molecule is C.CCC(O)CNC(C)COCCOC.COCCOCC(C)NCC(O)COCCC[Si](C)(O)O.COCCOCC(C)NCC1CO1. The molecule has 1 rings (SSSR count). The van der Waals surface area contributed by atoms with Gasteiger partial charge in [-0.1, -0.05) is 14.4 Å². The second kappa shape index (κ2) is 37.4. The Kier molecular flexibility index (Phi) is 40.4. The zero-order chi connectivity index (χ0) is 36.5. The molecule has 0 aromatic rings. The Balaban J connectivity index is -0.000000666. The Hall–Kier alpha value is -0.383. The van der Waals surface area contributed by atoms with Crippen LogP contribution in [0.5, 0.6) is 0 Å². The minimum absolute atomic E-state index is 0. The highest BCUT2D eigenvalue weighted by atomic mass is 28.4. The maximum atomic E-state index is 9.73. The number of ether oxygens (including phenoxy) is 8. The fourth-order valence-electron chi connectivity index (χ4n) is 3.51. The standard InChI is InChI=1S/C13H31NO6Si.C10H23NO3.C9H19NO3.CH4/c1-12(10-20-7-6-18-2)14-9-13(15)11-19-5-4-8-21(3,16)17;1-4-10(12)7-11-9(2)8-14-6-5-13-3;1-8(6-12-4-3-11-2)10-5-9-7-13-9;/h12-17H,4-11H2,1-3H3;9-12H,4-8H2,1-3H3;8-10H,3-7H2,1-2H3;1H4. The fraction of sp³-hybridized carbons (Fsp3) is 1.00. The zero-order valence-electron chi connectivity index (χ0n) is 31.2. The third-order valence-corrected chi connectivity index (χ3v) is 7.92. The van der Waals surface area contributed by atoms with Gasteiger partial charge in [-0.15, -0.1) is 0 Å². The third kappa shape index (κ3) is 45.6. The quantitative estimate of drug-likeness (QED) is 0.0296. The van der Waals surface area contributed by atoms with E-state index in [9.17, 15) is 19.8 Å². The van der Waals surface area contributed by atoms with Crippen LogP contribution >= 0.6 is 0 Å². The number of aliphatic hydroxyl groups excluding tert-OH is 2. The summed E-state index contributed by atoms with van der Waals surface area (Å²) in [4.78, 5) is 18.5. The van der Waals surface area contributed by atoms with Crippen LogP contribution in [-0.2, 0) is 37.9 Å². The first-order chi connectivity index (χ1) is 22.9. The van der Waals surface area contributed by atoms with E-state index in [4.69, 9.17) is 37.9 Å². The first kappa shape index (κ1) is 53.0. The molecule has 1 aliphatic rings. The zero-order valence-corrected chi connectivity index (χ0v) is 32.2. The minimum atomic E-state index is -2.96. The molecule has 1 saturated heterocycles. The lowest BCUT2D eigenvalue weighted by Crippen LogP contribution is -2.38. The smallest absolute Gasteiger partial charge is 0.329 e. The molecule has 0 radical (unpaired) electrons. The van der Waals surface area contributed by atoms with Crippen LogP contribution in [0.25, 0.3) is 0 Å². The molecule has 0 aromatic heterocycles. The Bertz CT molecular complexity index is 655. The van der Waals surface area contributed by atoms with Crippen molar-refractivity contribution in [1.29, 1.82) is 0 Å². The number of hydrogen-bond donors (Lipinski definition) is 7. The van der Waals surface area contributed by atoms with Crippen LogP contribution in [0.2, 0.25) is 12.6 Å². The molecule has 0 spiro atoms. The summed E-state index contributed by atoms with van der Waals surface area (Å²) < 4.78 is 41.0. The summed E-state index contributed by atoms with van der Waals surface area (Å²) >= 11 is 0. The van der Waals surface area contributed by atoms with Crippen molar-refractivity contribution in [1.82, 2.24) is 16.0 Å². The number of rotatable bonds is 31. The van der Waals surface area contributed by atoms with E-state index < -0.39 is 14.7 Å². The Labute approximate surface area is 299 Å². The van der Waals surface area contributed by atoms with Crippen LogP contribution in [0.1, 0.15) is 48.0 Å². The summed E-state index contributed by atoms with van der Waals surface area (Å²) in [5, 5.41) is 28.7. The number of epoxide rings is 1. The van der Waals surface area contributed by atoms with Gasteiger partial charge >= 0.3 is 8.56 Å². The average Bonchev–Trinajstić information content (AvgIpc) is 3.89. The number of hydrogen-bond acceptors (Lipinski definition) is 15. The van der Waals surface area contributed by atoms with E-state index in [0.717, 1.165) is 26.2 Å². The van der Waals surface area contributed by atoms with Crippen LogP contribution in [0.3, 0.4) is 0 Å². The van der Waals surface area contributed by atoms with Gasteiger partial charge in [0.15, 0.2) is 0 Å². The van der Waals surface area contributed by atoms with Crippen LogP contribution in [0.4, 0.5) is 0 Å². The molecule has 15 nitrogen and oxygen atoms in total. The Morgan fingerprint density at radius 3 is 1.47 bits per heavy atom. The predicted octanol–water partition coefficient (Wildman–Crippen LogP) is 0.513. The molecule has 16 heteroatoms. The summed E-state index contributed by atoms with van der Waals surface area (Å²) in [6.45, 7) is 18.8. The monoisotopic (exact) mass is 736 g/mol. The van der Waals surface area contributed by atoms with Gasteiger partial charge in [0.25, 0.3) is 0 Å². The van der Waals surface area contributed by atoms with Crippen molar-refractivity contribution < 1.29 is 57.7 Å². The predicted molar refractivity (Wildman–Crippen MR) is 196 cm³/mol. The van der Waals surface area contributed by atoms with Gasteiger partial charge in [-0.3, -0.25) is 0 Å². The van der Waals surface area contributed by atoms with Gasteiger partial charge in [0.1, 0.15) is 0 Å². The van der Waals surface area contributed by atoms with Gasteiger partial charge in [-0.25, -0.2) is 0 Å². The molecule has 0 bridgehead atoms. The summed E-state index contributed by atoms with van der Waals surface area (Å²) in [5.41, 5.74) is 0. The van der Waals surface area contributed by atoms with Crippen molar-refractivity contribution in [3.8, 4) is 0 Å². The molecule has 0 saturated carbocycles. The molecule has 300 valence electrons. The summed E-state index contributed by atoms with van der Waals surface area (Å²) in [5.74, 6) is 0. The average molecular weight is 736 g/mol. The lowest BCUT2D eigenvalue weighted by atomic mass is 10.2. The van der Waals surface area contributed by atoms with Crippen molar-refractivity contribution in [2.45, 2.75) is 97.0 Å². The van der Waals surface area contributed by atoms with Crippen molar-refractivity contribution in [2.24, 2.45) is 0 Å². The fourth-order valence-corrected chi connectivity index (χ4v) is 4.32. The molecule has 0 amide bonds. The van der Waals surface area contributed by atoms with E-state index in [1.54, 1.807) is 21.3 Å². The molecule has 7 N–H and O–H groups in total. The second-order valence-electron chi connectivity index (χ2n) is 12.2. The Morgan fingerprint density at radius 1 is 0.673 bits per heavy atom. The number of methoxy groups -OCH3 is 3. The van der Waals surface area contributed by atoms with Crippen LogP contribution in [0, 0.1) is 0 Å². The number of nitrogens with one attached hydrogen (secondary N) is 3. The highest BCUT2D eigenvalue weighted by Crippen LogP contribution is 2.06. The van der Waals surface area contributed by atoms with E-state index in [0.29, 0.717) is 97.2 Å². The van der Waals surface area contributed by atoms with Crippen molar-refractivity contribution in [2.75, 3.05) is 120 Å². The lowest BCUT2D eigenvalue weighted by molar-refractivity contribution is 0.0301. The van der Waals surface area contributed by atoms with Gasteiger partial charge in [0.05, 0.1) is 91.0 Å². The molecule has 1 heterocycles. The molecular formula is C33H77N3O12Si. The van der Waals surface area contributed by atoms with E-state index in [2.05, 4.69) is 22.9 Å². The normalized spacial score (nSPS) is 17.0. The third-order valence-electron chi connectivity index (χ3n) is 6.62. The van der Waals surface area contributed by atoms with E-state index in [1.807, 2.05) is 20.8 Å². The maximum Gasteiger partial charge on any atom is 0.329 e. The first-order valence-electron chi connectivity index (χ1n) is 17.3. The van der Waals surface area contributed by atoms with Crippen molar-refractivity contribution in [3.63, 3.8) is 0 Å². The van der Waals surface area contributed by atoms with Gasteiger partial charge < -0.3 is 73.6 Å². The Morgan fingerprint density at radius 2 is 1.08 bits per heavy atom. The van der Waals surface area contributed by atoms with E-state index in [-0.39, 0.29) is 32.2 Å². The summed E-state index contributed by atoms with van der Waals surface area (Å²) in [6.07, 6.45) is 0.986. The van der Waals surface area contributed by atoms with Gasteiger partial charge in [-0.05, 0) is 46.2 Å². The summed E-state index contributed by atoms with van der Waals surface area (Å²) in [6, 6.07) is 1.19. The minimum Gasteiger partial charge on any atom is -0.411 e. The van der Waals surface area contributed by atoms with Crippen LogP contribution in [0.15, 0.2) is 0 Å². The second-order valence-corrected chi connectivity index (χ2v) is 15.1. The first-order valence-corrected chi connectivity index (χ1v) is 19.9. The summed E-state index contributed by atoms with van der Waals surface area (Å²) in [7, 11) is 2.00. The lowest BCUT2D eigenvalue weighted by Gasteiger charge is -2.17. The molecule has 0 aromatic carbocycles. The highest BCUT2D eigenvalue weighted by molar-refractivity contribution is 6.63. The van der Waals surface area contributed by atoms with Gasteiger partial charge in [0, 0.05) is 65.7 Å². The molecule has 6 atom stereocenters. The topological polar surface area (TPSA) is 194 Å². The van der Waals surface area contributed by atoms with E-state index in [1.165, 1.54) is 6.55 Å². The molecule has 49 heavy (non-hydrogen) atoms. The van der Waals surface area contributed by atoms with Crippen molar-refractivity contribution >= 4 is 8.56 Å². The highest BCUT2D eigenvalue weighted by Gasteiger charge is 2.22. The maximum absolute atomic E-state index is 9.73. The van der Waals surface area contributed by atoms with E-state index >= 15 is 0 Å². The molecule has 1 fully saturated rings. The molecular weight excluding hydrogens is 658 g/mol. The largest absolute Gasteiger partial charge is 0.411 e.